The van der Waals surface area contributed by atoms with E-state index >= 15 is 0 Å². The zero-order chi connectivity index (χ0) is 3.54. The van der Waals surface area contributed by atoms with Crippen molar-refractivity contribution >= 4 is 23.9 Å². The minimum atomic E-state index is 1.02. The van der Waals surface area contributed by atoms with Gasteiger partial charge in [0.1, 0.15) is 0 Å². The van der Waals surface area contributed by atoms with E-state index in [1.54, 1.807) is 0 Å². The Bertz CT molecular complexity index is 63.0. The summed E-state index contributed by atoms with van der Waals surface area (Å²) in [5.41, 5.74) is 4.44. The average Bonchev–Trinajstić information content (AvgIpc) is 1.76. The van der Waals surface area contributed by atoms with Gasteiger partial charge < -0.3 is 0 Å². The summed E-state index contributed by atoms with van der Waals surface area (Å²) in [7, 11) is 2.03. The number of hydrogen-bond donors (Lipinski definition) is 0. The Balaban J connectivity index is 2.61. The van der Waals surface area contributed by atoms with Crippen LogP contribution in [-0.2, 0) is 0 Å². The summed E-state index contributed by atoms with van der Waals surface area (Å²) < 4.78 is 0. The lowest BCUT2D eigenvalue weighted by atomic mass is 11.2. The quantitative estimate of drug-likeness (QED) is 0.360. The summed E-state index contributed by atoms with van der Waals surface area (Å²) in [6, 6.07) is 0. The van der Waals surface area contributed by atoms with Crippen LogP contribution >= 0.6 is 0 Å². The molecule has 23 valence electrons. The van der Waals surface area contributed by atoms with Gasteiger partial charge in [-0.1, -0.05) is 11.4 Å². The van der Waals surface area contributed by atoms with Gasteiger partial charge >= 0.3 is 0 Å². The predicted molar refractivity (Wildman–Crippen MR) is 26.7 cm³/mol. The van der Waals surface area contributed by atoms with Crippen molar-refractivity contribution in [1.29, 1.82) is 0 Å². The molecule has 3 radical (unpaired) electrons. The van der Waals surface area contributed by atoms with Crippen molar-refractivity contribution < 1.29 is 0 Å². The van der Waals surface area contributed by atoms with E-state index in [0.717, 1.165) is 18.7 Å². The molecule has 0 N–H and O–H groups in total. The third-order valence-corrected chi connectivity index (χ3v) is 2.83. The van der Waals surface area contributed by atoms with Crippen molar-refractivity contribution in [2.45, 2.75) is 0 Å². The van der Waals surface area contributed by atoms with E-state index in [0.29, 0.717) is 0 Å². The van der Waals surface area contributed by atoms with Gasteiger partial charge in [0.15, 0.2) is 0 Å². The maximum absolute atomic E-state index is 2.31. The van der Waals surface area contributed by atoms with Crippen molar-refractivity contribution in [3.63, 3.8) is 0 Å². The first-order chi connectivity index (χ1) is 2.50. The molecule has 1 aliphatic rings. The van der Waals surface area contributed by atoms with Gasteiger partial charge in [-0.3, -0.25) is 0 Å². The Morgan fingerprint density at radius 2 is 2.20 bits per heavy atom. The Labute approximate surface area is 36.2 Å². The monoisotopic (exact) mass is 95.0 g/mol. The van der Waals surface area contributed by atoms with E-state index in [-0.39, 0.29) is 0 Å². The Hall–Kier alpha value is 0.0438. The fourth-order valence-corrected chi connectivity index (χ4v) is 2.17. The molecule has 0 saturated carbocycles. The molecule has 0 spiro atoms. The summed E-state index contributed by atoms with van der Waals surface area (Å²) in [4.78, 5) is 0. The second-order valence-corrected chi connectivity index (χ2v) is 3.30. The third kappa shape index (κ3) is 0.664. The first kappa shape index (κ1) is 3.24. The van der Waals surface area contributed by atoms with E-state index in [4.69, 9.17) is 0 Å². The summed E-state index contributed by atoms with van der Waals surface area (Å²) >= 11 is 0. The third-order valence-electron chi connectivity index (χ3n) is 0.442. The number of hydrogen-bond acceptors (Lipinski definition) is 0. The van der Waals surface area contributed by atoms with Gasteiger partial charge in [-0.2, -0.15) is 0 Å². The SMILES string of the molecule is C1=C[Si]=C[Si]1. The highest BCUT2D eigenvalue weighted by atomic mass is 28.2. The molecule has 0 bridgehead atoms. The van der Waals surface area contributed by atoms with Crippen molar-refractivity contribution in [3.05, 3.63) is 11.4 Å². The van der Waals surface area contributed by atoms with Crippen LogP contribution in [0.4, 0.5) is 0 Å². The van der Waals surface area contributed by atoms with Gasteiger partial charge in [0.2, 0.25) is 0 Å². The van der Waals surface area contributed by atoms with E-state index in [1.165, 1.54) is 0 Å². The highest BCUT2D eigenvalue weighted by Gasteiger charge is 1.75. The minimum absolute atomic E-state index is 1.02. The molecular weight excluding hydrogens is 92.2 g/mol. The van der Waals surface area contributed by atoms with Gasteiger partial charge in [0.25, 0.3) is 0 Å². The summed E-state index contributed by atoms with van der Waals surface area (Å²) in [5.74, 6) is 0. The first-order valence-corrected chi connectivity index (χ1v) is 3.80. The average molecular weight is 95.2 g/mol. The van der Waals surface area contributed by atoms with Crippen LogP contribution in [0, 0.1) is 0 Å². The van der Waals surface area contributed by atoms with Crippen LogP contribution in [0.1, 0.15) is 0 Å². The molecule has 0 nitrogen and oxygen atoms in total. The van der Waals surface area contributed by atoms with E-state index < -0.39 is 0 Å². The normalized spacial score (nSPS) is 17.6. The molecule has 0 aliphatic carbocycles. The molecule has 5 heavy (non-hydrogen) atoms. The van der Waals surface area contributed by atoms with Crippen molar-refractivity contribution in [3.8, 4) is 0 Å². The molecule has 0 amide bonds. The molecule has 0 atom stereocenters. The molecule has 0 aromatic heterocycles. The fourth-order valence-electron chi connectivity index (χ4n) is 0.241. The standard InChI is InChI=1S/C3H3Si2/c1-2-5-3-4-1/h1-3H. The molecule has 0 unspecified atom stereocenters. The van der Waals surface area contributed by atoms with Gasteiger partial charge in [0.05, 0.1) is 9.52 Å². The highest BCUT2D eigenvalue weighted by Crippen LogP contribution is 1.65. The Morgan fingerprint density at radius 3 is 2.40 bits per heavy atom. The van der Waals surface area contributed by atoms with Crippen LogP contribution in [0.5, 0.6) is 0 Å². The van der Waals surface area contributed by atoms with E-state index in [1.807, 2.05) is 0 Å². The molecule has 1 heterocycles. The zero-order valence-electron chi connectivity index (χ0n) is 2.73. The van der Waals surface area contributed by atoms with E-state index in [2.05, 4.69) is 16.7 Å². The van der Waals surface area contributed by atoms with Crippen molar-refractivity contribution in [2.75, 3.05) is 0 Å². The van der Waals surface area contributed by atoms with Crippen LogP contribution in [0.25, 0.3) is 0 Å². The molecule has 1 aliphatic heterocycles. The van der Waals surface area contributed by atoms with Crippen molar-refractivity contribution in [1.82, 2.24) is 0 Å². The van der Waals surface area contributed by atoms with Crippen LogP contribution in [-0.4, -0.2) is 23.9 Å². The van der Waals surface area contributed by atoms with Gasteiger partial charge in [-0.15, -0.1) is 5.30 Å². The van der Waals surface area contributed by atoms with E-state index in [9.17, 15) is 0 Å². The lowest BCUT2D eigenvalue weighted by molar-refractivity contribution is 2.50. The van der Waals surface area contributed by atoms with Crippen LogP contribution in [0.15, 0.2) is 11.4 Å². The lowest BCUT2D eigenvalue weighted by Crippen LogP contribution is -1.78. The van der Waals surface area contributed by atoms with Gasteiger partial charge in [-0.25, -0.2) is 0 Å². The molecule has 0 fully saturated rings. The van der Waals surface area contributed by atoms with Crippen molar-refractivity contribution in [2.24, 2.45) is 0 Å². The zero-order valence-corrected chi connectivity index (χ0v) is 4.73. The molecule has 1 rings (SSSR count). The molecule has 0 aromatic carbocycles. The predicted octanol–water partition coefficient (Wildman–Crippen LogP) is -0.361. The van der Waals surface area contributed by atoms with Crippen LogP contribution < -0.4 is 0 Å². The summed E-state index contributed by atoms with van der Waals surface area (Å²) in [6.07, 6.45) is 0. The first-order valence-electron chi connectivity index (χ1n) is 1.49. The molecular formula is C3H3Si2. The minimum Gasteiger partial charge on any atom is -0.109 e. The smallest absolute Gasteiger partial charge is 0.0956 e. The van der Waals surface area contributed by atoms with Gasteiger partial charge in [0, 0.05) is 9.13 Å². The largest absolute Gasteiger partial charge is 0.109 e. The maximum atomic E-state index is 2.31. The summed E-state index contributed by atoms with van der Waals surface area (Å²) in [5, 5.41) is 2.31. The van der Waals surface area contributed by atoms with Gasteiger partial charge in [-0.05, 0) is 0 Å². The maximum Gasteiger partial charge on any atom is 0.0956 e. The highest BCUT2D eigenvalue weighted by molar-refractivity contribution is 6.91. The molecule has 0 saturated heterocycles. The van der Waals surface area contributed by atoms with Crippen LogP contribution in [0.2, 0.25) is 0 Å². The molecule has 0 aromatic rings. The topological polar surface area (TPSA) is 0 Å². The second-order valence-electron chi connectivity index (χ2n) is 0.811. The second kappa shape index (κ2) is 1.47. The molecule has 2 heteroatoms. The lowest BCUT2D eigenvalue weighted by Gasteiger charge is -1.53. The Kier molecular flexibility index (Phi) is 0.955. The summed E-state index contributed by atoms with van der Waals surface area (Å²) in [6.45, 7) is 0. The Morgan fingerprint density at radius 1 is 1.20 bits per heavy atom. The van der Waals surface area contributed by atoms with Crippen LogP contribution in [0.3, 0.4) is 0 Å². The fraction of sp³-hybridized carbons (Fsp3) is 0. The number of rotatable bonds is 0.